The first-order valence-corrected chi connectivity index (χ1v) is 9.88. The molecular weight excluding hydrogens is 380 g/mol. The van der Waals surface area contributed by atoms with Crippen molar-refractivity contribution in [1.29, 1.82) is 5.26 Å². The molecule has 4 rings (SSSR count). The summed E-state index contributed by atoms with van der Waals surface area (Å²) >= 11 is 0. The van der Waals surface area contributed by atoms with Crippen LogP contribution in [-0.4, -0.2) is 21.8 Å². The van der Waals surface area contributed by atoms with Crippen molar-refractivity contribution in [2.75, 3.05) is 5.32 Å². The maximum atomic E-state index is 12.5. The second-order valence-corrected chi connectivity index (χ2v) is 7.25. The summed E-state index contributed by atoms with van der Waals surface area (Å²) < 4.78 is 5.28. The van der Waals surface area contributed by atoms with E-state index < -0.39 is 0 Å². The lowest BCUT2D eigenvalue weighted by atomic mass is 9.85. The predicted molar refractivity (Wildman–Crippen MR) is 114 cm³/mol. The normalized spacial score (nSPS) is 19.2. The zero-order valence-electron chi connectivity index (χ0n) is 16.3. The van der Waals surface area contributed by atoms with E-state index in [2.05, 4.69) is 26.3 Å². The van der Waals surface area contributed by atoms with E-state index in [9.17, 15) is 10.1 Å². The van der Waals surface area contributed by atoms with Crippen molar-refractivity contribution in [3.8, 4) is 17.5 Å². The van der Waals surface area contributed by atoms with Crippen LogP contribution < -0.4 is 16.6 Å². The molecule has 30 heavy (non-hydrogen) atoms. The van der Waals surface area contributed by atoms with Gasteiger partial charge in [0.2, 0.25) is 5.89 Å². The molecule has 2 atom stereocenters. The van der Waals surface area contributed by atoms with Gasteiger partial charge in [0.1, 0.15) is 17.7 Å². The Bertz CT molecular complexity index is 1130. The van der Waals surface area contributed by atoms with Crippen LogP contribution in [0.5, 0.6) is 0 Å². The van der Waals surface area contributed by atoms with Gasteiger partial charge in [-0.25, -0.2) is 9.98 Å². The number of pyridine rings is 1. The molecule has 0 spiro atoms. The molecule has 1 fully saturated rings. The standard InChI is InChI=1S/C22H22N6O2/c23-13-15-3-1-2-4-17(15)28-18-9-10-25-21(29)19(18)20(24)27-16-7-5-14(6-8-16)22-26-11-12-30-22/h5-12,15,17H,1-4H2,(H2,24,27)(H2,25,28,29)/t15?,17-/m0/s1. The van der Waals surface area contributed by atoms with Crippen LogP contribution in [0, 0.1) is 17.2 Å². The second kappa shape index (κ2) is 8.66. The number of aromatic nitrogens is 2. The van der Waals surface area contributed by atoms with E-state index in [-0.39, 0.29) is 28.9 Å². The van der Waals surface area contributed by atoms with Crippen molar-refractivity contribution in [3.05, 3.63) is 64.9 Å². The van der Waals surface area contributed by atoms with E-state index in [4.69, 9.17) is 10.2 Å². The molecule has 0 aliphatic heterocycles. The molecule has 1 aliphatic carbocycles. The molecule has 1 unspecified atom stereocenters. The number of hydrogen-bond donors (Lipinski definition) is 3. The fraction of sp³-hybridized carbons (Fsp3) is 0.273. The summed E-state index contributed by atoms with van der Waals surface area (Å²) in [5.74, 6) is 0.531. The summed E-state index contributed by atoms with van der Waals surface area (Å²) in [5, 5.41) is 12.8. The minimum Gasteiger partial charge on any atom is -0.445 e. The number of aliphatic imine (C=N–C) groups is 1. The Morgan fingerprint density at radius 1 is 1.27 bits per heavy atom. The van der Waals surface area contributed by atoms with E-state index in [1.807, 2.05) is 12.1 Å². The maximum Gasteiger partial charge on any atom is 0.261 e. The van der Waals surface area contributed by atoms with Gasteiger partial charge < -0.3 is 20.5 Å². The number of nitriles is 1. The number of nitrogens with two attached hydrogens (primary N) is 1. The number of rotatable bonds is 5. The molecule has 0 radical (unpaired) electrons. The van der Waals surface area contributed by atoms with E-state index >= 15 is 0 Å². The lowest BCUT2D eigenvalue weighted by Crippen LogP contribution is -2.34. The molecule has 2 heterocycles. The smallest absolute Gasteiger partial charge is 0.261 e. The topological polar surface area (TPSA) is 133 Å². The van der Waals surface area contributed by atoms with Crippen LogP contribution in [0.2, 0.25) is 0 Å². The van der Waals surface area contributed by atoms with Gasteiger partial charge in [0.25, 0.3) is 5.56 Å². The van der Waals surface area contributed by atoms with E-state index in [0.29, 0.717) is 17.3 Å². The number of aromatic amines is 1. The van der Waals surface area contributed by atoms with Gasteiger partial charge in [-0.05, 0) is 43.2 Å². The zero-order chi connectivity index (χ0) is 20.9. The molecule has 0 amide bonds. The number of nitrogens with one attached hydrogen (secondary N) is 2. The van der Waals surface area contributed by atoms with E-state index in [0.717, 1.165) is 31.2 Å². The van der Waals surface area contributed by atoms with Crippen LogP contribution in [-0.2, 0) is 0 Å². The number of anilines is 1. The number of amidine groups is 1. The highest BCUT2D eigenvalue weighted by Crippen LogP contribution is 2.28. The molecule has 1 aliphatic rings. The molecular formula is C22H22N6O2. The Morgan fingerprint density at radius 2 is 2.07 bits per heavy atom. The molecule has 8 nitrogen and oxygen atoms in total. The number of nitrogens with zero attached hydrogens (tertiary/aromatic N) is 3. The van der Waals surface area contributed by atoms with Gasteiger partial charge in [-0.3, -0.25) is 4.79 Å². The molecule has 3 aromatic rings. The van der Waals surface area contributed by atoms with Gasteiger partial charge in [0, 0.05) is 17.8 Å². The summed E-state index contributed by atoms with van der Waals surface area (Å²) in [6.07, 6.45) is 8.49. The SMILES string of the molecule is N#CC1CCCC[C@@H]1Nc1cc[nH]c(=O)c1C(N)=Nc1ccc(-c2ncco2)cc1. The quantitative estimate of drug-likeness (QED) is 0.441. The van der Waals surface area contributed by atoms with Gasteiger partial charge in [0.15, 0.2) is 0 Å². The molecule has 0 saturated heterocycles. The van der Waals surface area contributed by atoms with Crippen LogP contribution >= 0.6 is 0 Å². The minimum atomic E-state index is -0.332. The Balaban J connectivity index is 1.61. The lowest BCUT2D eigenvalue weighted by molar-refractivity contribution is 0.388. The second-order valence-electron chi connectivity index (χ2n) is 7.25. The van der Waals surface area contributed by atoms with Crippen LogP contribution in [0.3, 0.4) is 0 Å². The highest BCUT2D eigenvalue weighted by atomic mass is 16.3. The van der Waals surface area contributed by atoms with Gasteiger partial charge >= 0.3 is 0 Å². The first-order valence-electron chi connectivity index (χ1n) is 9.88. The monoisotopic (exact) mass is 402 g/mol. The number of benzene rings is 1. The Labute approximate surface area is 173 Å². The van der Waals surface area contributed by atoms with E-state index in [1.165, 1.54) is 6.26 Å². The molecule has 1 aromatic carbocycles. The third-order valence-electron chi connectivity index (χ3n) is 5.29. The average Bonchev–Trinajstić information content (AvgIpc) is 3.29. The molecule has 1 saturated carbocycles. The first-order chi connectivity index (χ1) is 14.7. The van der Waals surface area contributed by atoms with Crippen LogP contribution in [0.4, 0.5) is 11.4 Å². The number of hydrogen-bond acceptors (Lipinski definition) is 6. The van der Waals surface area contributed by atoms with Gasteiger partial charge in [-0.2, -0.15) is 5.26 Å². The van der Waals surface area contributed by atoms with E-state index in [1.54, 1.807) is 30.6 Å². The maximum absolute atomic E-state index is 12.5. The third-order valence-corrected chi connectivity index (χ3v) is 5.29. The summed E-state index contributed by atoms with van der Waals surface area (Å²) in [4.78, 5) is 23.7. The Morgan fingerprint density at radius 3 is 2.80 bits per heavy atom. The highest BCUT2D eigenvalue weighted by Gasteiger charge is 2.26. The average molecular weight is 402 g/mol. The third kappa shape index (κ3) is 4.10. The van der Waals surface area contributed by atoms with Gasteiger partial charge in [0.05, 0.1) is 29.6 Å². The minimum absolute atomic E-state index is 0.0165. The summed E-state index contributed by atoms with van der Waals surface area (Å²) in [5.41, 5.74) is 8.18. The zero-order valence-corrected chi connectivity index (χ0v) is 16.3. The molecule has 0 bridgehead atoms. The van der Waals surface area contributed by atoms with Crippen LogP contribution in [0.1, 0.15) is 31.2 Å². The van der Waals surface area contributed by atoms with Crippen molar-refractivity contribution in [2.45, 2.75) is 31.7 Å². The Kier molecular flexibility index (Phi) is 5.61. The molecule has 2 aromatic heterocycles. The van der Waals surface area contributed by atoms with Crippen molar-refractivity contribution in [1.82, 2.24) is 9.97 Å². The van der Waals surface area contributed by atoms with Crippen molar-refractivity contribution in [2.24, 2.45) is 16.6 Å². The van der Waals surface area contributed by atoms with Crippen molar-refractivity contribution < 1.29 is 4.42 Å². The molecule has 4 N–H and O–H groups in total. The predicted octanol–water partition coefficient (Wildman–Crippen LogP) is 3.56. The number of H-pyrrole nitrogens is 1. The molecule has 8 heteroatoms. The number of oxazole rings is 1. The largest absolute Gasteiger partial charge is 0.445 e. The summed E-state index contributed by atoms with van der Waals surface area (Å²) in [7, 11) is 0. The lowest BCUT2D eigenvalue weighted by Gasteiger charge is -2.29. The van der Waals surface area contributed by atoms with Crippen LogP contribution in [0.25, 0.3) is 11.5 Å². The van der Waals surface area contributed by atoms with Gasteiger partial charge in [-0.1, -0.05) is 12.8 Å². The molecule has 152 valence electrons. The summed E-state index contributed by atoms with van der Waals surface area (Å²) in [6, 6.07) is 11.3. The first kappa shape index (κ1) is 19.5. The van der Waals surface area contributed by atoms with Crippen molar-refractivity contribution >= 4 is 17.2 Å². The van der Waals surface area contributed by atoms with Crippen LogP contribution in [0.15, 0.2) is 63.2 Å². The fourth-order valence-corrected chi connectivity index (χ4v) is 3.75. The Hall–Kier alpha value is -3.86. The van der Waals surface area contributed by atoms with Gasteiger partial charge in [-0.15, -0.1) is 0 Å². The fourth-order valence-electron chi connectivity index (χ4n) is 3.75. The highest BCUT2D eigenvalue weighted by molar-refractivity contribution is 6.03. The van der Waals surface area contributed by atoms with Crippen molar-refractivity contribution in [3.63, 3.8) is 0 Å². The summed E-state index contributed by atoms with van der Waals surface area (Å²) in [6.45, 7) is 0.